The molecule has 0 saturated heterocycles. The largest absolute Gasteiger partial charge is 0.360 e. The molecule has 0 fully saturated rings. The fourth-order valence-corrected chi connectivity index (χ4v) is 4.21. The van der Waals surface area contributed by atoms with Crippen LogP contribution in [-0.2, 0) is 12.8 Å². The van der Waals surface area contributed by atoms with Gasteiger partial charge < -0.3 is 4.98 Å². The number of fused-ring (bicyclic) bond motifs is 2. The minimum absolute atomic E-state index is 0.152. The van der Waals surface area contributed by atoms with Crippen LogP contribution in [0.3, 0.4) is 0 Å². The summed E-state index contributed by atoms with van der Waals surface area (Å²) in [6, 6.07) is 8.28. The van der Waals surface area contributed by atoms with Gasteiger partial charge in [-0.1, -0.05) is 12.1 Å². The van der Waals surface area contributed by atoms with E-state index in [9.17, 15) is 4.79 Å². The Morgan fingerprint density at radius 3 is 3.00 bits per heavy atom. The van der Waals surface area contributed by atoms with E-state index in [0.29, 0.717) is 0 Å². The summed E-state index contributed by atoms with van der Waals surface area (Å²) < 4.78 is 0. The molecule has 1 aromatic carbocycles. The summed E-state index contributed by atoms with van der Waals surface area (Å²) in [4.78, 5) is 18.2. The highest BCUT2D eigenvalue weighted by molar-refractivity contribution is 7.14. The topological polar surface area (TPSA) is 32.9 Å². The summed E-state index contributed by atoms with van der Waals surface area (Å²) in [6.07, 6.45) is 5.35. The molecule has 3 aromatic rings. The van der Waals surface area contributed by atoms with Gasteiger partial charge >= 0.3 is 0 Å². The van der Waals surface area contributed by atoms with Gasteiger partial charge in [0.2, 0.25) is 5.78 Å². The number of aryl methyl sites for hydroxylation is 3. The van der Waals surface area contributed by atoms with E-state index >= 15 is 0 Å². The van der Waals surface area contributed by atoms with Crippen molar-refractivity contribution in [1.82, 2.24) is 4.98 Å². The molecule has 4 rings (SSSR count). The first-order valence-corrected chi connectivity index (χ1v) is 7.78. The third-order valence-electron chi connectivity index (χ3n) is 4.05. The Kier molecular flexibility index (Phi) is 2.57. The van der Waals surface area contributed by atoms with Crippen molar-refractivity contribution in [3.8, 4) is 0 Å². The van der Waals surface area contributed by atoms with Crippen LogP contribution >= 0.6 is 11.3 Å². The van der Waals surface area contributed by atoms with E-state index in [1.807, 2.05) is 12.3 Å². The summed E-state index contributed by atoms with van der Waals surface area (Å²) >= 11 is 1.68. The van der Waals surface area contributed by atoms with E-state index in [0.717, 1.165) is 34.2 Å². The van der Waals surface area contributed by atoms with Crippen molar-refractivity contribution >= 4 is 28.0 Å². The van der Waals surface area contributed by atoms with Gasteiger partial charge in [-0.2, -0.15) is 0 Å². The molecule has 0 radical (unpaired) electrons. The van der Waals surface area contributed by atoms with Crippen molar-refractivity contribution in [2.24, 2.45) is 0 Å². The van der Waals surface area contributed by atoms with Crippen molar-refractivity contribution in [3.63, 3.8) is 0 Å². The average molecular weight is 281 g/mol. The predicted molar refractivity (Wildman–Crippen MR) is 82.8 cm³/mol. The predicted octanol–water partition coefficient (Wildman–Crippen LogP) is 4.26. The second kappa shape index (κ2) is 4.32. The third-order valence-corrected chi connectivity index (χ3v) is 5.29. The number of hydrogen-bond donors (Lipinski definition) is 1. The Morgan fingerprint density at radius 2 is 2.15 bits per heavy atom. The van der Waals surface area contributed by atoms with E-state index in [2.05, 4.69) is 30.1 Å². The molecule has 1 aliphatic rings. The number of rotatable bonds is 2. The van der Waals surface area contributed by atoms with Crippen LogP contribution < -0.4 is 0 Å². The van der Waals surface area contributed by atoms with Crippen LogP contribution in [0.25, 0.3) is 10.9 Å². The molecule has 3 heteroatoms. The molecule has 100 valence electrons. The summed E-state index contributed by atoms with van der Waals surface area (Å²) in [5.74, 6) is 0.152. The first kappa shape index (κ1) is 11.9. The molecule has 0 aliphatic heterocycles. The number of aromatic nitrogens is 1. The minimum atomic E-state index is 0.152. The first-order chi connectivity index (χ1) is 9.72. The van der Waals surface area contributed by atoms with Crippen LogP contribution in [0, 0.1) is 6.92 Å². The second-order valence-electron chi connectivity index (χ2n) is 5.49. The molecule has 0 saturated carbocycles. The van der Waals surface area contributed by atoms with Crippen molar-refractivity contribution in [1.29, 1.82) is 0 Å². The summed E-state index contributed by atoms with van der Waals surface area (Å²) in [7, 11) is 0. The summed E-state index contributed by atoms with van der Waals surface area (Å²) in [6.45, 7) is 2.06. The van der Waals surface area contributed by atoms with Gasteiger partial charge in [-0.25, -0.2) is 0 Å². The molecule has 2 heterocycles. The third kappa shape index (κ3) is 1.74. The summed E-state index contributed by atoms with van der Waals surface area (Å²) in [5.41, 5.74) is 4.42. The molecule has 0 amide bonds. The molecule has 0 bridgehead atoms. The van der Waals surface area contributed by atoms with Crippen LogP contribution in [-0.4, -0.2) is 10.8 Å². The Hall–Kier alpha value is -1.87. The number of ketones is 1. The number of aromatic amines is 1. The molecule has 1 N–H and O–H groups in total. The zero-order chi connectivity index (χ0) is 13.7. The smallest absolute Gasteiger partial charge is 0.205 e. The van der Waals surface area contributed by atoms with E-state index in [4.69, 9.17) is 0 Å². The number of nitrogens with one attached hydrogen (secondary N) is 1. The van der Waals surface area contributed by atoms with Gasteiger partial charge in [0.15, 0.2) is 0 Å². The van der Waals surface area contributed by atoms with E-state index in [1.165, 1.54) is 22.4 Å². The van der Waals surface area contributed by atoms with Gasteiger partial charge in [-0.15, -0.1) is 11.3 Å². The lowest BCUT2D eigenvalue weighted by molar-refractivity contribution is 0.104. The average Bonchev–Trinajstić information content (AvgIpc) is 3.10. The monoisotopic (exact) mass is 281 g/mol. The number of benzene rings is 1. The molecular formula is C17H15NOS. The van der Waals surface area contributed by atoms with Crippen LogP contribution in [0.1, 0.15) is 37.7 Å². The van der Waals surface area contributed by atoms with Crippen molar-refractivity contribution in [2.45, 2.75) is 26.2 Å². The van der Waals surface area contributed by atoms with E-state index in [-0.39, 0.29) is 5.78 Å². The molecule has 20 heavy (non-hydrogen) atoms. The van der Waals surface area contributed by atoms with Crippen molar-refractivity contribution in [2.75, 3.05) is 0 Å². The quantitative estimate of drug-likeness (QED) is 0.700. The molecule has 0 spiro atoms. The lowest BCUT2D eigenvalue weighted by Crippen LogP contribution is -1.97. The van der Waals surface area contributed by atoms with E-state index in [1.54, 1.807) is 11.3 Å². The Labute approximate surface area is 121 Å². The molecule has 0 unspecified atom stereocenters. The highest BCUT2D eigenvalue weighted by atomic mass is 32.1. The van der Waals surface area contributed by atoms with Crippen molar-refractivity contribution < 1.29 is 4.79 Å². The standard InChI is InChI=1S/C17H15NOS/c1-10-5-6-12-13(9-18-14(12)7-10)17(19)16-8-11-3-2-4-15(11)20-16/h5-9,18H,2-4H2,1H3. The lowest BCUT2D eigenvalue weighted by Gasteiger charge is -1.97. The van der Waals surface area contributed by atoms with Gasteiger partial charge in [0.1, 0.15) is 0 Å². The number of carbonyl (C=O) groups is 1. The van der Waals surface area contributed by atoms with Crippen LogP contribution in [0.4, 0.5) is 0 Å². The molecule has 2 nitrogen and oxygen atoms in total. The van der Waals surface area contributed by atoms with Crippen molar-refractivity contribution in [3.05, 3.63) is 56.9 Å². The van der Waals surface area contributed by atoms with Gasteiger partial charge in [0, 0.05) is 27.5 Å². The van der Waals surface area contributed by atoms with Gasteiger partial charge in [-0.05, 0) is 49.4 Å². The van der Waals surface area contributed by atoms with Gasteiger partial charge in [0.05, 0.1) is 4.88 Å². The number of carbonyl (C=O) groups excluding carboxylic acids is 1. The Balaban J connectivity index is 1.79. The zero-order valence-electron chi connectivity index (χ0n) is 11.3. The maximum Gasteiger partial charge on any atom is 0.205 e. The maximum atomic E-state index is 12.7. The fraction of sp³-hybridized carbons (Fsp3) is 0.235. The second-order valence-corrected chi connectivity index (χ2v) is 6.63. The Morgan fingerprint density at radius 1 is 1.25 bits per heavy atom. The molecular weight excluding hydrogens is 266 g/mol. The van der Waals surface area contributed by atoms with Crippen LogP contribution in [0.5, 0.6) is 0 Å². The van der Waals surface area contributed by atoms with Crippen LogP contribution in [0.15, 0.2) is 30.5 Å². The zero-order valence-corrected chi connectivity index (χ0v) is 12.1. The van der Waals surface area contributed by atoms with Gasteiger partial charge in [-0.3, -0.25) is 4.79 Å². The molecule has 2 aromatic heterocycles. The normalized spacial score (nSPS) is 13.8. The first-order valence-electron chi connectivity index (χ1n) is 6.96. The Bertz CT molecular complexity index is 803. The van der Waals surface area contributed by atoms with Gasteiger partial charge in [0.25, 0.3) is 0 Å². The number of thiophene rings is 1. The fourth-order valence-electron chi connectivity index (χ4n) is 3.00. The van der Waals surface area contributed by atoms with E-state index < -0.39 is 0 Å². The van der Waals surface area contributed by atoms with Crippen LogP contribution in [0.2, 0.25) is 0 Å². The molecule has 1 aliphatic carbocycles. The lowest BCUT2D eigenvalue weighted by atomic mass is 10.1. The number of hydrogen-bond acceptors (Lipinski definition) is 2. The SMILES string of the molecule is Cc1ccc2c(C(=O)c3cc4c(s3)CCC4)c[nH]c2c1. The molecule has 0 atom stereocenters. The summed E-state index contributed by atoms with van der Waals surface area (Å²) in [5, 5.41) is 1.02. The maximum absolute atomic E-state index is 12.7. The highest BCUT2D eigenvalue weighted by Gasteiger charge is 2.21. The number of H-pyrrole nitrogens is 1. The minimum Gasteiger partial charge on any atom is -0.360 e. The highest BCUT2D eigenvalue weighted by Crippen LogP contribution is 2.33.